The van der Waals surface area contributed by atoms with Gasteiger partial charge in [-0.3, -0.25) is 0 Å². The van der Waals surface area contributed by atoms with Crippen molar-refractivity contribution in [3.05, 3.63) is 29.3 Å². The number of phenols is 1. The van der Waals surface area contributed by atoms with E-state index in [1.807, 2.05) is 12.1 Å². The molecule has 1 unspecified atom stereocenters. The second-order valence-electron chi connectivity index (χ2n) is 7.74. The molecule has 1 aromatic carbocycles. The molecule has 1 atom stereocenters. The maximum atomic E-state index is 10.8. The van der Waals surface area contributed by atoms with Crippen LogP contribution in [0.3, 0.4) is 0 Å². The smallest absolute Gasteiger partial charge is 0.122 e. The third-order valence-corrected chi connectivity index (χ3v) is 5.30. The van der Waals surface area contributed by atoms with Crippen LogP contribution in [0.2, 0.25) is 0 Å². The van der Waals surface area contributed by atoms with Crippen molar-refractivity contribution in [1.82, 2.24) is 5.32 Å². The Morgan fingerprint density at radius 1 is 1.22 bits per heavy atom. The topological polar surface area (TPSA) is 52.5 Å². The van der Waals surface area contributed by atoms with Gasteiger partial charge in [-0.25, -0.2) is 0 Å². The van der Waals surface area contributed by atoms with E-state index in [9.17, 15) is 10.2 Å². The lowest BCUT2D eigenvalue weighted by atomic mass is 9.78. The third-order valence-electron chi connectivity index (χ3n) is 5.30. The molecular weight excluding hydrogens is 286 g/mol. The molecule has 0 radical (unpaired) electrons. The molecule has 0 aromatic heterocycles. The highest BCUT2D eigenvalue weighted by Gasteiger charge is 2.34. The number of aromatic hydroxyl groups is 1. The molecule has 0 amide bonds. The van der Waals surface area contributed by atoms with Crippen molar-refractivity contribution >= 4 is 0 Å². The van der Waals surface area contributed by atoms with Crippen LogP contribution in [0.25, 0.3) is 0 Å². The number of unbranched alkanes of at least 4 members (excludes halogenated alkanes) is 3. The quantitative estimate of drug-likeness (QED) is 0.660. The van der Waals surface area contributed by atoms with Gasteiger partial charge in [0.05, 0.1) is 0 Å². The van der Waals surface area contributed by atoms with Crippen molar-refractivity contribution in [2.75, 3.05) is 13.1 Å². The molecule has 1 aliphatic heterocycles. The van der Waals surface area contributed by atoms with E-state index in [2.05, 4.69) is 32.2 Å². The summed E-state index contributed by atoms with van der Waals surface area (Å²) in [6.07, 6.45) is 7.79. The second-order valence-corrected chi connectivity index (χ2v) is 7.74. The van der Waals surface area contributed by atoms with Gasteiger partial charge < -0.3 is 15.5 Å². The Morgan fingerprint density at radius 2 is 2.00 bits per heavy atom. The van der Waals surface area contributed by atoms with Gasteiger partial charge in [0.25, 0.3) is 0 Å². The van der Waals surface area contributed by atoms with Gasteiger partial charge in [0.2, 0.25) is 0 Å². The van der Waals surface area contributed by atoms with Crippen LogP contribution in [0.15, 0.2) is 18.2 Å². The maximum absolute atomic E-state index is 10.8. The average molecular weight is 319 g/mol. The minimum atomic E-state index is -0.938. The van der Waals surface area contributed by atoms with Gasteiger partial charge >= 0.3 is 0 Å². The van der Waals surface area contributed by atoms with Crippen LogP contribution in [0.1, 0.15) is 76.8 Å². The summed E-state index contributed by atoms with van der Waals surface area (Å²) in [5.41, 5.74) is 0.932. The molecule has 2 rings (SSSR count). The van der Waals surface area contributed by atoms with Crippen LogP contribution in [0, 0.1) is 0 Å². The molecule has 0 bridgehead atoms. The first-order valence-electron chi connectivity index (χ1n) is 9.16. The van der Waals surface area contributed by atoms with Crippen molar-refractivity contribution in [1.29, 1.82) is 0 Å². The number of β-amino-alcohol motifs (C(OH)–C–C–N with tert-alkyl or cyclic N) is 1. The molecule has 0 saturated carbocycles. The van der Waals surface area contributed by atoms with Crippen LogP contribution in [0.5, 0.6) is 5.75 Å². The lowest BCUT2D eigenvalue weighted by Crippen LogP contribution is -2.43. The molecule has 3 heteroatoms. The van der Waals surface area contributed by atoms with Gasteiger partial charge in [0, 0.05) is 12.1 Å². The Kier molecular flexibility index (Phi) is 6.10. The fraction of sp³-hybridized carbons (Fsp3) is 0.700. The molecule has 0 spiro atoms. The number of nitrogens with one attached hydrogen (secondary N) is 1. The van der Waals surface area contributed by atoms with Crippen molar-refractivity contribution in [2.45, 2.75) is 76.7 Å². The minimum Gasteiger partial charge on any atom is -0.508 e. The van der Waals surface area contributed by atoms with Crippen molar-refractivity contribution < 1.29 is 10.2 Å². The van der Waals surface area contributed by atoms with Crippen LogP contribution in [-0.4, -0.2) is 23.3 Å². The summed E-state index contributed by atoms with van der Waals surface area (Å²) in [4.78, 5) is 0. The molecule has 3 N–H and O–H groups in total. The Labute approximate surface area is 141 Å². The summed E-state index contributed by atoms with van der Waals surface area (Å²) in [6, 6.07) is 5.87. The molecule has 1 aromatic rings. The number of piperidine rings is 1. The number of benzene rings is 1. The molecule has 1 heterocycles. The Bertz CT molecular complexity index is 504. The van der Waals surface area contributed by atoms with E-state index in [0.29, 0.717) is 18.5 Å². The molecule has 130 valence electrons. The zero-order chi connectivity index (χ0) is 16.9. The largest absolute Gasteiger partial charge is 0.508 e. The Balaban J connectivity index is 2.11. The van der Waals surface area contributed by atoms with Crippen molar-refractivity contribution in [3.8, 4) is 5.75 Å². The first-order chi connectivity index (χ1) is 10.9. The van der Waals surface area contributed by atoms with Crippen LogP contribution < -0.4 is 5.32 Å². The lowest BCUT2D eigenvalue weighted by molar-refractivity contribution is 0.0103. The van der Waals surface area contributed by atoms with E-state index in [1.165, 1.54) is 25.7 Å². The molecule has 1 saturated heterocycles. The first-order valence-corrected chi connectivity index (χ1v) is 9.16. The summed E-state index contributed by atoms with van der Waals surface area (Å²) >= 11 is 0. The molecular formula is C20H33NO2. The van der Waals surface area contributed by atoms with Gasteiger partial charge in [-0.1, -0.05) is 58.6 Å². The van der Waals surface area contributed by atoms with Gasteiger partial charge in [-0.2, -0.15) is 0 Å². The van der Waals surface area contributed by atoms with Gasteiger partial charge in [-0.15, -0.1) is 0 Å². The van der Waals surface area contributed by atoms with Crippen molar-refractivity contribution in [2.24, 2.45) is 0 Å². The highest BCUT2D eigenvalue weighted by molar-refractivity contribution is 5.43. The maximum Gasteiger partial charge on any atom is 0.122 e. The Hall–Kier alpha value is -1.06. The molecule has 1 fully saturated rings. The SMILES string of the molecule is CCCCCCC(C)(C)c1ccc(C2(O)CCCNC2)c(O)c1. The zero-order valence-electron chi connectivity index (χ0n) is 15.0. The van der Waals surface area contributed by atoms with E-state index in [-0.39, 0.29) is 11.2 Å². The third kappa shape index (κ3) is 4.48. The predicted molar refractivity (Wildman–Crippen MR) is 95.9 cm³/mol. The van der Waals surface area contributed by atoms with Gasteiger partial charge in [0.1, 0.15) is 11.4 Å². The normalized spacial score (nSPS) is 22.3. The molecule has 3 nitrogen and oxygen atoms in total. The van der Waals surface area contributed by atoms with Gasteiger partial charge in [0.15, 0.2) is 0 Å². The van der Waals surface area contributed by atoms with Crippen molar-refractivity contribution in [3.63, 3.8) is 0 Å². The summed E-state index contributed by atoms with van der Waals surface area (Å²) in [5, 5.41) is 24.5. The molecule has 0 aliphatic carbocycles. The molecule has 1 aliphatic rings. The first kappa shape index (κ1) is 18.3. The highest BCUT2D eigenvalue weighted by atomic mass is 16.3. The number of hydrogen-bond acceptors (Lipinski definition) is 3. The van der Waals surface area contributed by atoms with Crippen LogP contribution >= 0.6 is 0 Å². The predicted octanol–water partition coefficient (Wildman–Crippen LogP) is 4.21. The van der Waals surface area contributed by atoms with Crippen LogP contribution in [0.4, 0.5) is 0 Å². The summed E-state index contributed by atoms with van der Waals surface area (Å²) in [5.74, 6) is 0.232. The van der Waals surface area contributed by atoms with Gasteiger partial charge in [-0.05, 0) is 42.9 Å². The van der Waals surface area contributed by atoms with E-state index < -0.39 is 5.60 Å². The summed E-state index contributed by atoms with van der Waals surface area (Å²) in [6.45, 7) is 8.16. The fourth-order valence-corrected chi connectivity index (χ4v) is 3.60. The number of phenolic OH excluding ortho intramolecular Hbond substituents is 1. The minimum absolute atomic E-state index is 0.0528. The van der Waals surface area contributed by atoms with E-state index >= 15 is 0 Å². The number of rotatable bonds is 7. The lowest BCUT2D eigenvalue weighted by Gasteiger charge is -2.34. The van der Waals surface area contributed by atoms with Crippen LogP contribution in [-0.2, 0) is 11.0 Å². The Morgan fingerprint density at radius 3 is 2.61 bits per heavy atom. The fourth-order valence-electron chi connectivity index (χ4n) is 3.60. The summed E-state index contributed by atoms with van der Waals surface area (Å²) < 4.78 is 0. The number of hydrogen-bond donors (Lipinski definition) is 3. The zero-order valence-corrected chi connectivity index (χ0v) is 15.0. The molecule has 23 heavy (non-hydrogen) atoms. The summed E-state index contributed by atoms with van der Waals surface area (Å²) in [7, 11) is 0. The van der Waals surface area contributed by atoms with E-state index in [4.69, 9.17) is 0 Å². The van der Waals surface area contributed by atoms with E-state index in [1.54, 1.807) is 0 Å². The monoisotopic (exact) mass is 319 g/mol. The highest BCUT2D eigenvalue weighted by Crippen LogP contribution is 2.38. The standard InChI is InChI=1S/C20H33NO2/c1-4-5-6-7-11-19(2,3)16-9-10-17(18(22)14-16)20(23)12-8-13-21-15-20/h9-10,14,21-23H,4-8,11-13,15H2,1-3H3. The van der Waals surface area contributed by atoms with E-state index in [0.717, 1.165) is 24.9 Å². The number of aliphatic hydroxyl groups is 1. The second kappa shape index (κ2) is 7.67. The average Bonchev–Trinajstić information content (AvgIpc) is 2.52.